The van der Waals surface area contributed by atoms with Gasteiger partial charge in [0, 0.05) is 31.4 Å². The molecule has 0 saturated heterocycles. The van der Waals surface area contributed by atoms with Gasteiger partial charge in [-0.05, 0) is 63.1 Å². The lowest BCUT2D eigenvalue weighted by Gasteiger charge is -2.19. The molecule has 7 nitrogen and oxygen atoms in total. The van der Waals surface area contributed by atoms with Gasteiger partial charge in [0.15, 0.2) is 0 Å². The quantitative estimate of drug-likeness (QED) is 0.671. The van der Waals surface area contributed by atoms with Gasteiger partial charge >= 0.3 is 6.03 Å². The maximum absolute atomic E-state index is 12.7. The van der Waals surface area contributed by atoms with E-state index in [1.165, 1.54) is 0 Å². The van der Waals surface area contributed by atoms with Gasteiger partial charge in [-0.25, -0.2) is 9.78 Å². The number of nitrogens with one attached hydrogen (secondary N) is 2. The zero-order chi connectivity index (χ0) is 22.0. The predicted octanol–water partition coefficient (Wildman–Crippen LogP) is 3.99. The smallest absolute Gasteiger partial charge is 0.321 e. The van der Waals surface area contributed by atoms with E-state index in [1.807, 2.05) is 63.6 Å². The Morgan fingerprint density at radius 3 is 2.60 bits per heavy atom. The summed E-state index contributed by atoms with van der Waals surface area (Å²) in [6.07, 6.45) is 0. The van der Waals surface area contributed by atoms with Gasteiger partial charge in [-0.15, -0.1) is 0 Å². The summed E-state index contributed by atoms with van der Waals surface area (Å²) in [6, 6.07) is 11.2. The summed E-state index contributed by atoms with van der Waals surface area (Å²) in [5.74, 6) is 0.620. The van der Waals surface area contributed by atoms with E-state index in [9.17, 15) is 9.59 Å². The zero-order valence-electron chi connectivity index (χ0n) is 18.4. The molecule has 2 N–H and O–H groups in total. The Kier molecular flexibility index (Phi) is 6.10. The van der Waals surface area contributed by atoms with Crippen molar-refractivity contribution in [2.75, 3.05) is 12.4 Å². The predicted molar refractivity (Wildman–Crippen MR) is 120 cm³/mol. The number of fused-ring (bicyclic) bond motifs is 1. The van der Waals surface area contributed by atoms with Crippen molar-refractivity contribution in [3.05, 3.63) is 58.9 Å². The monoisotopic (exact) mass is 407 g/mol. The molecule has 7 heteroatoms. The number of amides is 3. The van der Waals surface area contributed by atoms with Crippen LogP contribution in [0.5, 0.6) is 0 Å². The topological polar surface area (TPSA) is 79.3 Å². The van der Waals surface area contributed by atoms with E-state index in [4.69, 9.17) is 0 Å². The molecule has 0 spiro atoms. The average molecular weight is 408 g/mol. The van der Waals surface area contributed by atoms with E-state index in [0.29, 0.717) is 12.1 Å². The van der Waals surface area contributed by atoms with Gasteiger partial charge in [0.25, 0.3) is 5.91 Å². The van der Waals surface area contributed by atoms with Crippen LogP contribution in [0.4, 0.5) is 10.5 Å². The molecular weight excluding hydrogens is 378 g/mol. The fourth-order valence-corrected chi connectivity index (χ4v) is 3.26. The number of carbonyl (C=O) groups excluding carboxylic acids is 2. The standard InChI is InChI=1S/C23H29N5O2/c1-14(2)24-22(29)17-10-11-20-19(12-17)25-21(28(20)6)13-27(5)23(30)26-18-9-7-8-15(3)16(18)4/h7-12,14H,13H2,1-6H3,(H,24,29)(H,26,30). The molecule has 0 unspecified atom stereocenters. The highest BCUT2D eigenvalue weighted by Crippen LogP contribution is 2.20. The van der Waals surface area contributed by atoms with Gasteiger partial charge in [0.2, 0.25) is 0 Å². The fourth-order valence-electron chi connectivity index (χ4n) is 3.26. The minimum absolute atomic E-state index is 0.0664. The third kappa shape index (κ3) is 4.45. The first kappa shape index (κ1) is 21.4. The second-order valence-electron chi connectivity index (χ2n) is 7.95. The second-order valence-corrected chi connectivity index (χ2v) is 7.95. The Hall–Kier alpha value is -3.35. The zero-order valence-corrected chi connectivity index (χ0v) is 18.4. The molecule has 158 valence electrons. The molecule has 0 aliphatic carbocycles. The van der Waals surface area contributed by atoms with Gasteiger partial charge in [0.1, 0.15) is 5.82 Å². The van der Waals surface area contributed by atoms with Crippen LogP contribution in [0.25, 0.3) is 11.0 Å². The van der Waals surface area contributed by atoms with Crippen LogP contribution in [-0.2, 0) is 13.6 Å². The average Bonchev–Trinajstić information content (AvgIpc) is 2.99. The van der Waals surface area contributed by atoms with Crippen molar-refractivity contribution >= 4 is 28.7 Å². The van der Waals surface area contributed by atoms with Crippen molar-refractivity contribution in [3.8, 4) is 0 Å². The SMILES string of the molecule is Cc1cccc(NC(=O)N(C)Cc2nc3cc(C(=O)NC(C)C)ccc3n2C)c1C. The number of aryl methyl sites for hydroxylation is 2. The Balaban J connectivity index is 1.77. The highest BCUT2D eigenvalue weighted by molar-refractivity contribution is 5.97. The Labute approximate surface area is 177 Å². The van der Waals surface area contributed by atoms with E-state index in [1.54, 1.807) is 24.1 Å². The Morgan fingerprint density at radius 1 is 1.17 bits per heavy atom. The number of urea groups is 1. The number of hydrogen-bond acceptors (Lipinski definition) is 3. The number of nitrogens with zero attached hydrogens (tertiary/aromatic N) is 3. The molecule has 0 bridgehead atoms. The van der Waals surface area contributed by atoms with E-state index < -0.39 is 0 Å². The number of imidazole rings is 1. The molecule has 0 radical (unpaired) electrons. The number of benzene rings is 2. The number of aromatic nitrogens is 2. The maximum atomic E-state index is 12.7. The largest absolute Gasteiger partial charge is 0.350 e. The van der Waals surface area contributed by atoms with Crippen LogP contribution < -0.4 is 10.6 Å². The molecule has 1 heterocycles. The van der Waals surface area contributed by atoms with Crippen LogP contribution in [-0.4, -0.2) is 39.5 Å². The summed E-state index contributed by atoms with van der Waals surface area (Å²) in [5.41, 5.74) is 5.19. The molecule has 3 amide bonds. The van der Waals surface area contributed by atoms with Crippen LogP contribution in [0.3, 0.4) is 0 Å². The molecule has 0 aliphatic heterocycles. The molecule has 0 aliphatic rings. The van der Waals surface area contributed by atoms with Gasteiger partial charge < -0.3 is 20.1 Å². The minimum Gasteiger partial charge on any atom is -0.350 e. The number of hydrogen-bond donors (Lipinski definition) is 2. The molecule has 2 aromatic carbocycles. The Bertz CT molecular complexity index is 1100. The van der Waals surface area contributed by atoms with Crippen LogP contribution in [0.1, 0.15) is 41.2 Å². The lowest BCUT2D eigenvalue weighted by molar-refractivity contribution is 0.0943. The normalized spacial score (nSPS) is 11.0. The lowest BCUT2D eigenvalue weighted by Crippen LogP contribution is -2.32. The van der Waals surface area contributed by atoms with Crippen molar-refractivity contribution in [1.29, 1.82) is 0 Å². The first-order chi connectivity index (χ1) is 14.2. The summed E-state index contributed by atoms with van der Waals surface area (Å²) in [4.78, 5) is 31.2. The van der Waals surface area contributed by atoms with Gasteiger partial charge in [-0.2, -0.15) is 0 Å². The fraction of sp³-hybridized carbons (Fsp3) is 0.348. The van der Waals surface area contributed by atoms with Gasteiger partial charge in [-0.1, -0.05) is 12.1 Å². The number of carbonyl (C=O) groups is 2. The van der Waals surface area contributed by atoms with E-state index >= 15 is 0 Å². The van der Waals surface area contributed by atoms with Gasteiger partial charge in [-0.3, -0.25) is 4.79 Å². The highest BCUT2D eigenvalue weighted by Gasteiger charge is 2.16. The van der Waals surface area contributed by atoms with Crippen LogP contribution in [0, 0.1) is 13.8 Å². The molecular formula is C23H29N5O2. The Morgan fingerprint density at radius 2 is 1.90 bits per heavy atom. The van der Waals surface area contributed by atoms with Crippen molar-refractivity contribution in [2.24, 2.45) is 7.05 Å². The van der Waals surface area contributed by atoms with Crippen LogP contribution in [0.15, 0.2) is 36.4 Å². The molecule has 0 saturated carbocycles. The molecule has 3 rings (SSSR count). The summed E-state index contributed by atoms with van der Waals surface area (Å²) < 4.78 is 1.95. The van der Waals surface area contributed by atoms with Crippen molar-refractivity contribution in [1.82, 2.24) is 19.8 Å². The number of rotatable bonds is 5. The molecule has 0 atom stereocenters. The van der Waals surface area contributed by atoms with Crippen molar-refractivity contribution in [3.63, 3.8) is 0 Å². The second kappa shape index (κ2) is 8.57. The van der Waals surface area contributed by atoms with Crippen LogP contribution >= 0.6 is 0 Å². The molecule has 3 aromatic rings. The van der Waals surface area contributed by atoms with E-state index in [0.717, 1.165) is 33.7 Å². The maximum Gasteiger partial charge on any atom is 0.321 e. The van der Waals surface area contributed by atoms with E-state index in [-0.39, 0.29) is 18.0 Å². The molecule has 1 aromatic heterocycles. The third-order valence-corrected chi connectivity index (χ3v) is 5.23. The number of anilines is 1. The highest BCUT2D eigenvalue weighted by atomic mass is 16.2. The molecule has 0 fully saturated rings. The first-order valence-electron chi connectivity index (χ1n) is 10.0. The van der Waals surface area contributed by atoms with Gasteiger partial charge in [0.05, 0.1) is 17.6 Å². The van der Waals surface area contributed by atoms with E-state index in [2.05, 4.69) is 15.6 Å². The lowest BCUT2D eigenvalue weighted by atomic mass is 10.1. The summed E-state index contributed by atoms with van der Waals surface area (Å²) in [6.45, 7) is 8.20. The van der Waals surface area contributed by atoms with Crippen molar-refractivity contribution < 1.29 is 9.59 Å². The summed E-state index contributed by atoms with van der Waals surface area (Å²) in [7, 11) is 3.65. The first-order valence-corrected chi connectivity index (χ1v) is 10.0. The summed E-state index contributed by atoms with van der Waals surface area (Å²) >= 11 is 0. The summed E-state index contributed by atoms with van der Waals surface area (Å²) in [5, 5.41) is 5.85. The third-order valence-electron chi connectivity index (χ3n) is 5.23. The molecule has 30 heavy (non-hydrogen) atoms. The minimum atomic E-state index is -0.201. The van der Waals surface area contributed by atoms with Crippen molar-refractivity contribution in [2.45, 2.75) is 40.3 Å². The van der Waals surface area contributed by atoms with Crippen LogP contribution in [0.2, 0.25) is 0 Å².